The lowest BCUT2D eigenvalue weighted by Gasteiger charge is -2.15. The summed E-state index contributed by atoms with van der Waals surface area (Å²) >= 11 is 1.30. The van der Waals surface area contributed by atoms with Crippen LogP contribution < -0.4 is 20.5 Å². The van der Waals surface area contributed by atoms with Gasteiger partial charge in [0.15, 0.2) is 0 Å². The van der Waals surface area contributed by atoms with Crippen LogP contribution in [0.5, 0.6) is 5.75 Å². The number of fused-ring (bicyclic) bond motifs is 1. The molecule has 1 aromatic carbocycles. The summed E-state index contributed by atoms with van der Waals surface area (Å²) in [6, 6.07) is 9.27. The number of hydrogen-bond donors (Lipinski definition) is 1. The predicted molar refractivity (Wildman–Crippen MR) is 114 cm³/mol. The molecule has 0 fully saturated rings. The van der Waals surface area contributed by atoms with Gasteiger partial charge in [-0.25, -0.2) is 4.98 Å². The van der Waals surface area contributed by atoms with E-state index in [-0.39, 0.29) is 18.0 Å². The first-order valence-corrected chi connectivity index (χ1v) is 10.3. The quantitative estimate of drug-likeness (QED) is 0.574. The Balaban J connectivity index is 1.59. The van der Waals surface area contributed by atoms with Crippen molar-refractivity contribution in [2.75, 3.05) is 32.1 Å². The summed E-state index contributed by atoms with van der Waals surface area (Å²) in [4.78, 5) is 31.3. The van der Waals surface area contributed by atoms with Crippen LogP contribution in [0.15, 0.2) is 35.1 Å². The number of hydrogen-bond acceptors (Lipinski definition) is 7. The molecule has 0 unspecified atom stereocenters. The first kappa shape index (κ1) is 20.8. The Morgan fingerprint density at radius 2 is 2.10 bits per heavy atom. The largest absolute Gasteiger partial charge is 0.496 e. The van der Waals surface area contributed by atoms with Crippen LogP contribution in [-0.4, -0.2) is 47.8 Å². The number of benzene rings is 1. The maximum Gasteiger partial charge on any atom is 0.275 e. The number of carbonyl (C=O) groups excluding carboxylic acids is 1. The summed E-state index contributed by atoms with van der Waals surface area (Å²) in [5.74, 6) is 0.697. The highest BCUT2D eigenvalue weighted by molar-refractivity contribution is 7.20. The standard InChI is InChI=1S/C20H25N5O3S/c1-4-7-15-12-18(27)25-19(22-15)29-20(23-25)24(2)13-17(26)21-11-10-14-8-5-6-9-16(14)28-3/h5-6,8-9,12H,4,7,10-11,13H2,1-3H3,(H,21,26). The molecule has 154 valence electrons. The van der Waals surface area contributed by atoms with E-state index in [1.54, 1.807) is 19.1 Å². The van der Waals surface area contributed by atoms with Crippen molar-refractivity contribution in [2.45, 2.75) is 26.2 Å². The molecule has 1 N–H and O–H groups in total. The fraction of sp³-hybridized carbons (Fsp3) is 0.400. The second-order valence-electron chi connectivity index (χ2n) is 6.68. The Morgan fingerprint density at radius 1 is 1.31 bits per heavy atom. The Labute approximate surface area is 173 Å². The average molecular weight is 416 g/mol. The van der Waals surface area contributed by atoms with E-state index in [1.807, 2.05) is 31.2 Å². The third-order valence-electron chi connectivity index (χ3n) is 4.41. The van der Waals surface area contributed by atoms with Crippen molar-refractivity contribution < 1.29 is 9.53 Å². The van der Waals surface area contributed by atoms with Crippen molar-refractivity contribution in [1.82, 2.24) is 19.9 Å². The molecule has 0 atom stereocenters. The van der Waals surface area contributed by atoms with Gasteiger partial charge in [0.1, 0.15) is 5.75 Å². The second-order valence-corrected chi connectivity index (χ2v) is 7.62. The molecule has 0 bridgehead atoms. The molecule has 29 heavy (non-hydrogen) atoms. The molecule has 0 saturated carbocycles. The number of likely N-dealkylation sites (N-methyl/N-ethyl adjacent to an activating group) is 1. The van der Waals surface area contributed by atoms with Gasteiger partial charge in [-0.3, -0.25) is 9.59 Å². The highest BCUT2D eigenvalue weighted by Crippen LogP contribution is 2.20. The van der Waals surface area contributed by atoms with Gasteiger partial charge in [-0.05, 0) is 24.5 Å². The fourth-order valence-electron chi connectivity index (χ4n) is 2.97. The molecule has 0 aliphatic carbocycles. The normalized spacial score (nSPS) is 10.9. The first-order valence-electron chi connectivity index (χ1n) is 9.51. The summed E-state index contributed by atoms with van der Waals surface area (Å²) in [6.45, 7) is 2.69. The molecular formula is C20H25N5O3S. The molecule has 0 radical (unpaired) electrons. The lowest BCUT2D eigenvalue weighted by molar-refractivity contribution is -0.119. The van der Waals surface area contributed by atoms with Crippen molar-refractivity contribution in [3.8, 4) is 5.75 Å². The summed E-state index contributed by atoms with van der Waals surface area (Å²) in [5.41, 5.74) is 1.61. The summed E-state index contributed by atoms with van der Waals surface area (Å²) < 4.78 is 6.61. The van der Waals surface area contributed by atoms with Crippen LogP contribution in [0, 0.1) is 0 Å². The zero-order valence-electron chi connectivity index (χ0n) is 16.8. The van der Waals surface area contributed by atoms with E-state index in [1.165, 1.54) is 21.9 Å². The Morgan fingerprint density at radius 3 is 2.86 bits per heavy atom. The second kappa shape index (κ2) is 9.51. The molecule has 0 aliphatic rings. The van der Waals surface area contributed by atoms with E-state index in [0.29, 0.717) is 23.1 Å². The minimum Gasteiger partial charge on any atom is -0.496 e. The van der Waals surface area contributed by atoms with Gasteiger partial charge in [-0.2, -0.15) is 4.52 Å². The predicted octanol–water partition coefficient (Wildman–Crippen LogP) is 1.91. The molecule has 0 spiro atoms. The van der Waals surface area contributed by atoms with Crippen LogP contribution in [0.2, 0.25) is 0 Å². The number of amides is 1. The van der Waals surface area contributed by atoms with Crippen molar-refractivity contribution in [1.29, 1.82) is 0 Å². The van der Waals surface area contributed by atoms with Crippen LogP contribution in [0.25, 0.3) is 4.96 Å². The number of nitrogens with zero attached hydrogens (tertiary/aromatic N) is 4. The van der Waals surface area contributed by atoms with E-state index in [4.69, 9.17) is 4.74 Å². The number of nitrogens with one attached hydrogen (secondary N) is 1. The van der Waals surface area contributed by atoms with E-state index in [2.05, 4.69) is 15.4 Å². The lowest BCUT2D eigenvalue weighted by atomic mass is 10.1. The topological polar surface area (TPSA) is 88.8 Å². The summed E-state index contributed by atoms with van der Waals surface area (Å²) in [7, 11) is 3.41. The van der Waals surface area contributed by atoms with Gasteiger partial charge in [0.25, 0.3) is 5.56 Å². The fourth-order valence-corrected chi connectivity index (χ4v) is 3.86. The van der Waals surface area contributed by atoms with E-state index in [9.17, 15) is 9.59 Å². The van der Waals surface area contributed by atoms with E-state index >= 15 is 0 Å². The van der Waals surface area contributed by atoms with Gasteiger partial charge in [0.2, 0.25) is 16.0 Å². The smallest absolute Gasteiger partial charge is 0.275 e. The van der Waals surface area contributed by atoms with E-state index < -0.39 is 0 Å². The lowest BCUT2D eigenvalue weighted by Crippen LogP contribution is -2.36. The first-order chi connectivity index (χ1) is 14.0. The average Bonchev–Trinajstić information content (AvgIpc) is 3.13. The number of aryl methyl sites for hydroxylation is 1. The number of anilines is 1. The number of rotatable bonds is 9. The highest BCUT2D eigenvalue weighted by atomic mass is 32.1. The molecule has 2 aromatic heterocycles. The minimum atomic E-state index is -0.199. The van der Waals surface area contributed by atoms with Crippen LogP contribution >= 0.6 is 11.3 Å². The molecule has 2 heterocycles. The van der Waals surface area contributed by atoms with Crippen LogP contribution in [0.3, 0.4) is 0 Å². The van der Waals surface area contributed by atoms with Crippen molar-refractivity contribution in [2.24, 2.45) is 0 Å². The van der Waals surface area contributed by atoms with Crippen LogP contribution in [-0.2, 0) is 17.6 Å². The third-order valence-corrected chi connectivity index (χ3v) is 5.43. The van der Waals surface area contributed by atoms with Crippen molar-refractivity contribution in [3.63, 3.8) is 0 Å². The van der Waals surface area contributed by atoms with E-state index in [0.717, 1.165) is 29.8 Å². The summed E-state index contributed by atoms with van der Waals surface area (Å²) in [6.07, 6.45) is 2.35. The number of para-hydroxylation sites is 1. The van der Waals surface area contributed by atoms with Crippen LogP contribution in [0.4, 0.5) is 5.13 Å². The number of ether oxygens (including phenoxy) is 1. The maximum absolute atomic E-state index is 12.3. The number of methoxy groups -OCH3 is 1. The monoisotopic (exact) mass is 415 g/mol. The molecule has 1 amide bonds. The van der Waals surface area contributed by atoms with Crippen molar-refractivity contribution in [3.05, 3.63) is 51.9 Å². The zero-order chi connectivity index (χ0) is 20.8. The van der Waals surface area contributed by atoms with Gasteiger partial charge in [0.05, 0.1) is 13.7 Å². The molecular weight excluding hydrogens is 390 g/mol. The molecule has 0 aliphatic heterocycles. The third kappa shape index (κ3) is 5.11. The van der Waals surface area contributed by atoms with Gasteiger partial charge in [-0.1, -0.05) is 42.9 Å². The van der Waals surface area contributed by atoms with Crippen LogP contribution in [0.1, 0.15) is 24.6 Å². The maximum atomic E-state index is 12.3. The van der Waals surface area contributed by atoms with Gasteiger partial charge >= 0.3 is 0 Å². The molecule has 3 aromatic rings. The molecule has 3 rings (SSSR count). The Kier molecular flexibility index (Phi) is 6.82. The van der Waals surface area contributed by atoms with Gasteiger partial charge in [-0.15, -0.1) is 5.10 Å². The van der Waals surface area contributed by atoms with Gasteiger partial charge < -0.3 is 15.0 Å². The van der Waals surface area contributed by atoms with Crippen molar-refractivity contribution >= 4 is 27.3 Å². The Hall–Kier alpha value is -2.94. The highest BCUT2D eigenvalue weighted by Gasteiger charge is 2.14. The summed E-state index contributed by atoms with van der Waals surface area (Å²) in [5, 5.41) is 7.79. The molecule has 0 saturated heterocycles. The molecule has 9 heteroatoms. The number of carbonyl (C=O) groups is 1. The van der Waals surface area contributed by atoms with Gasteiger partial charge in [0, 0.05) is 25.4 Å². The number of aromatic nitrogens is 3. The molecule has 8 nitrogen and oxygen atoms in total. The SMILES string of the molecule is CCCc1cc(=O)n2nc(N(C)CC(=O)NCCc3ccccc3OC)sc2n1. The minimum absolute atomic E-state index is 0.117. The zero-order valence-corrected chi connectivity index (χ0v) is 17.7. The Bertz CT molecular complexity index is 1050.